The van der Waals surface area contributed by atoms with E-state index >= 15 is 0 Å². The molecule has 1 aromatic heterocycles. The van der Waals surface area contributed by atoms with Crippen LogP contribution in [0.5, 0.6) is 11.5 Å². The molecule has 0 N–H and O–H groups in total. The molecule has 0 aliphatic rings. The van der Waals surface area contributed by atoms with Crippen molar-refractivity contribution in [1.29, 1.82) is 0 Å². The average Bonchev–Trinajstić information content (AvgIpc) is 3.22. The van der Waals surface area contributed by atoms with Crippen LogP contribution in [-0.4, -0.2) is 42.2 Å². The number of carbonyl (C=O) groups is 1. The van der Waals surface area contributed by atoms with Gasteiger partial charge in [-0.25, -0.2) is 0 Å². The Morgan fingerprint density at radius 2 is 1.79 bits per heavy atom. The second-order valence-electron chi connectivity index (χ2n) is 6.76. The molecule has 0 saturated heterocycles. The van der Waals surface area contributed by atoms with Gasteiger partial charge in [-0.05, 0) is 30.2 Å². The minimum Gasteiger partial charge on any atom is -0.493 e. The van der Waals surface area contributed by atoms with Gasteiger partial charge in [0, 0.05) is 32.0 Å². The Morgan fingerprint density at radius 3 is 2.48 bits per heavy atom. The summed E-state index contributed by atoms with van der Waals surface area (Å²) < 4.78 is 16.0. The number of carbonyl (C=O) groups excluding carboxylic acids is 1. The summed E-state index contributed by atoms with van der Waals surface area (Å²) in [7, 11) is 4.98. The smallest absolute Gasteiger partial charge is 0.227 e. The molecule has 0 fully saturated rings. The third-order valence-corrected chi connectivity index (χ3v) is 4.73. The molecule has 1 heterocycles. The van der Waals surface area contributed by atoms with Gasteiger partial charge in [-0.2, -0.15) is 4.98 Å². The highest BCUT2D eigenvalue weighted by molar-refractivity contribution is 5.76. The number of aryl methyl sites for hydroxylation is 2. The summed E-state index contributed by atoms with van der Waals surface area (Å²) in [5.74, 6) is 2.30. The summed E-state index contributed by atoms with van der Waals surface area (Å²) in [5, 5.41) is 3.99. The van der Waals surface area contributed by atoms with Gasteiger partial charge in [0.15, 0.2) is 11.5 Å². The normalized spacial score (nSPS) is 10.6. The molecule has 2 aromatic carbocycles. The Kier molecular flexibility index (Phi) is 6.49. The molecule has 152 valence electrons. The zero-order chi connectivity index (χ0) is 20.8. The van der Waals surface area contributed by atoms with E-state index in [1.54, 1.807) is 26.2 Å². The molecule has 0 atom stereocenters. The first-order valence-electron chi connectivity index (χ1n) is 9.35. The van der Waals surface area contributed by atoms with Crippen LogP contribution < -0.4 is 9.47 Å². The zero-order valence-corrected chi connectivity index (χ0v) is 17.1. The van der Waals surface area contributed by atoms with Crippen LogP contribution >= 0.6 is 0 Å². The van der Waals surface area contributed by atoms with E-state index in [-0.39, 0.29) is 5.91 Å². The van der Waals surface area contributed by atoms with Crippen molar-refractivity contribution in [3.8, 4) is 22.9 Å². The molecule has 0 aliphatic heterocycles. The van der Waals surface area contributed by atoms with Crippen LogP contribution in [-0.2, 0) is 17.8 Å². The van der Waals surface area contributed by atoms with E-state index in [9.17, 15) is 4.79 Å². The largest absolute Gasteiger partial charge is 0.493 e. The van der Waals surface area contributed by atoms with Crippen LogP contribution in [0.15, 0.2) is 47.0 Å². The number of ether oxygens (including phenoxy) is 2. The Labute approximate surface area is 170 Å². The van der Waals surface area contributed by atoms with Crippen LogP contribution in [0.1, 0.15) is 23.4 Å². The van der Waals surface area contributed by atoms with Gasteiger partial charge in [0.2, 0.25) is 17.6 Å². The molecule has 0 unspecified atom stereocenters. The van der Waals surface area contributed by atoms with Crippen molar-refractivity contribution in [3.05, 3.63) is 59.5 Å². The lowest BCUT2D eigenvalue weighted by molar-refractivity contribution is -0.130. The highest BCUT2D eigenvalue weighted by Crippen LogP contribution is 2.30. The van der Waals surface area contributed by atoms with Gasteiger partial charge >= 0.3 is 0 Å². The molecule has 1 amide bonds. The first-order chi connectivity index (χ1) is 14.0. The van der Waals surface area contributed by atoms with Crippen LogP contribution in [0.2, 0.25) is 0 Å². The summed E-state index contributed by atoms with van der Waals surface area (Å²) in [6.45, 7) is 2.46. The lowest BCUT2D eigenvalue weighted by atomic mass is 10.1. The topological polar surface area (TPSA) is 77.7 Å². The van der Waals surface area contributed by atoms with Crippen molar-refractivity contribution in [3.63, 3.8) is 0 Å². The van der Waals surface area contributed by atoms with E-state index in [1.165, 1.54) is 0 Å². The fourth-order valence-electron chi connectivity index (χ4n) is 3.00. The third kappa shape index (κ3) is 4.93. The van der Waals surface area contributed by atoms with E-state index < -0.39 is 0 Å². The van der Waals surface area contributed by atoms with Gasteiger partial charge in [-0.15, -0.1) is 0 Å². The van der Waals surface area contributed by atoms with Gasteiger partial charge < -0.3 is 18.9 Å². The maximum absolute atomic E-state index is 12.6. The zero-order valence-electron chi connectivity index (χ0n) is 17.1. The van der Waals surface area contributed by atoms with Crippen molar-refractivity contribution in [2.45, 2.75) is 26.3 Å². The summed E-state index contributed by atoms with van der Waals surface area (Å²) in [4.78, 5) is 18.6. The number of methoxy groups -OCH3 is 2. The molecule has 0 radical (unpaired) electrons. The lowest BCUT2D eigenvalue weighted by Gasteiger charge is -2.19. The first-order valence-corrected chi connectivity index (χ1v) is 9.35. The molecule has 0 saturated carbocycles. The second-order valence-corrected chi connectivity index (χ2v) is 6.76. The van der Waals surface area contributed by atoms with E-state index in [1.807, 2.05) is 49.4 Å². The van der Waals surface area contributed by atoms with Gasteiger partial charge in [-0.3, -0.25) is 4.79 Å². The Hall–Kier alpha value is -3.35. The first kappa shape index (κ1) is 20.4. The quantitative estimate of drug-likeness (QED) is 0.579. The van der Waals surface area contributed by atoms with Crippen LogP contribution in [0.25, 0.3) is 11.4 Å². The van der Waals surface area contributed by atoms with Crippen molar-refractivity contribution >= 4 is 5.91 Å². The van der Waals surface area contributed by atoms with Crippen LogP contribution in [0.4, 0.5) is 0 Å². The monoisotopic (exact) mass is 395 g/mol. The highest BCUT2D eigenvalue weighted by atomic mass is 16.5. The number of nitrogens with zero attached hydrogens (tertiary/aromatic N) is 3. The molecule has 0 bridgehead atoms. The minimum absolute atomic E-state index is 0.00125. The maximum atomic E-state index is 12.6. The van der Waals surface area contributed by atoms with Crippen molar-refractivity contribution < 1.29 is 18.8 Å². The Bertz CT molecular complexity index is 969. The molecule has 3 rings (SSSR count). The molecule has 0 aliphatic carbocycles. The maximum Gasteiger partial charge on any atom is 0.227 e. The second kappa shape index (κ2) is 9.23. The van der Waals surface area contributed by atoms with Gasteiger partial charge in [0.05, 0.1) is 14.2 Å². The van der Waals surface area contributed by atoms with Crippen molar-refractivity contribution in [2.75, 3.05) is 21.3 Å². The summed E-state index contributed by atoms with van der Waals surface area (Å²) in [6.07, 6.45) is 0.688. The number of hydrogen-bond acceptors (Lipinski definition) is 6. The molecule has 0 spiro atoms. The van der Waals surface area contributed by atoms with E-state index in [0.29, 0.717) is 42.6 Å². The van der Waals surface area contributed by atoms with Gasteiger partial charge in [0.1, 0.15) is 0 Å². The molecular weight excluding hydrogens is 370 g/mol. The molecular formula is C22H25N3O4. The predicted molar refractivity (Wildman–Crippen MR) is 109 cm³/mol. The highest BCUT2D eigenvalue weighted by Gasteiger charge is 2.16. The summed E-state index contributed by atoms with van der Waals surface area (Å²) in [5.41, 5.74) is 2.92. The van der Waals surface area contributed by atoms with E-state index in [4.69, 9.17) is 14.0 Å². The van der Waals surface area contributed by atoms with Gasteiger partial charge in [-0.1, -0.05) is 35.5 Å². The lowest BCUT2D eigenvalue weighted by Crippen LogP contribution is -2.26. The molecule has 7 heteroatoms. The van der Waals surface area contributed by atoms with Crippen molar-refractivity contribution in [2.24, 2.45) is 0 Å². The number of benzene rings is 2. The number of rotatable bonds is 8. The Balaban J connectivity index is 1.60. The predicted octanol–water partition coefficient (Wildman–Crippen LogP) is 3.65. The van der Waals surface area contributed by atoms with Gasteiger partial charge in [0.25, 0.3) is 0 Å². The van der Waals surface area contributed by atoms with Crippen LogP contribution in [0, 0.1) is 6.92 Å². The Morgan fingerprint density at radius 1 is 1.10 bits per heavy atom. The van der Waals surface area contributed by atoms with E-state index in [2.05, 4.69) is 10.1 Å². The minimum atomic E-state index is -0.00125. The standard InChI is InChI=1S/C22H25N3O4/c1-15-12-18(27-3)19(28-4)13-17(15)14-25(2)21(26)11-10-20-23-22(24-29-20)16-8-6-5-7-9-16/h5-9,12-13H,10-11,14H2,1-4H3. The van der Waals surface area contributed by atoms with Crippen molar-refractivity contribution in [1.82, 2.24) is 15.0 Å². The average molecular weight is 395 g/mol. The molecule has 3 aromatic rings. The third-order valence-electron chi connectivity index (χ3n) is 4.73. The fourth-order valence-corrected chi connectivity index (χ4v) is 3.00. The molecule has 29 heavy (non-hydrogen) atoms. The van der Waals surface area contributed by atoms with E-state index in [0.717, 1.165) is 16.7 Å². The molecule has 7 nitrogen and oxygen atoms in total. The number of hydrogen-bond donors (Lipinski definition) is 0. The number of aromatic nitrogens is 2. The summed E-state index contributed by atoms with van der Waals surface area (Å²) in [6, 6.07) is 13.4. The summed E-state index contributed by atoms with van der Waals surface area (Å²) >= 11 is 0. The fraction of sp³-hybridized carbons (Fsp3) is 0.318. The van der Waals surface area contributed by atoms with Crippen LogP contribution in [0.3, 0.4) is 0 Å². The number of amides is 1. The SMILES string of the molecule is COc1cc(C)c(CN(C)C(=O)CCc2nc(-c3ccccc3)no2)cc1OC.